The zero-order valence-corrected chi connectivity index (χ0v) is 13.0. The number of carbonyl (C=O) groups is 3. The summed E-state index contributed by atoms with van der Waals surface area (Å²) in [7, 11) is 0. The van der Waals surface area contributed by atoms with Crippen LogP contribution in [0.15, 0.2) is 18.2 Å². The van der Waals surface area contributed by atoms with Gasteiger partial charge in [0, 0.05) is 25.6 Å². The average molecular weight is 339 g/mol. The minimum Gasteiger partial charge on any atom is -0.354 e. The van der Waals surface area contributed by atoms with Crippen molar-refractivity contribution < 1.29 is 23.2 Å². The minimum absolute atomic E-state index is 0.135. The Morgan fingerprint density at radius 1 is 1.29 bits per heavy atom. The molecule has 1 fully saturated rings. The summed E-state index contributed by atoms with van der Waals surface area (Å²) in [5, 5.41) is 7.78. The van der Waals surface area contributed by atoms with Gasteiger partial charge in [0.25, 0.3) is 5.91 Å². The van der Waals surface area contributed by atoms with E-state index in [9.17, 15) is 23.2 Å². The first kappa shape index (κ1) is 17.8. The van der Waals surface area contributed by atoms with Crippen molar-refractivity contribution in [2.75, 3.05) is 13.1 Å². The molecule has 1 aliphatic rings. The van der Waals surface area contributed by atoms with Gasteiger partial charge in [-0.25, -0.2) is 8.78 Å². The Bertz CT molecular complexity index is 637. The first-order valence-corrected chi connectivity index (χ1v) is 7.77. The summed E-state index contributed by atoms with van der Waals surface area (Å²) >= 11 is 0. The number of benzene rings is 1. The van der Waals surface area contributed by atoms with Crippen molar-refractivity contribution in [1.82, 2.24) is 16.0 Å². The third-order valence-electron chi connectivity index (χ3n) is 3.66. The van der Waals surface area contributed by atoms with E-state index in [4.69, 9.17) is 0 Å². The molecule has 1 saturated heterocycles. The SMILES string of the molecule is O=C(CCCNC(=O)c1ccc(F)cc1F)N[C@H]1CCCNC1=O. The van der Waals surface area contributed by atoms with Crippen LogP contribution in [0, 0.1) is 11.6 Å². The van der Waals surface area contributed by atoms with Gasteiger partial charge >= 0.3 is 0 Å². The Labute approximate surface area is 138 Å². The number of piperidine rings is 1. The molecular weight excluding hydrogens is 320 g/mol. The predicted molar refractivity (Wildman–Crippen MR) is 82.1 cm³/mol. The third-order valence-corrected chi connectivity index (χ3v) is 3.66. The molecule has 0 saturated carbocycles. The van der Waals surface area contributed by atoms with Crippen molar-refractivity contribution in [1.29, 1.82) is 0 Å². The van der Waals surface area contributed by atoms with E-state index in [1.807, 2.05) is 0 Å². The lowest BCUT2D eigenvalue weighted by Crippen LogP contribution is -2.50. The Kier molecular flexibility index (Phi) is 6.22. The summed E-state index contributed by atoms with van der Waals surface area (Å²) in [6.45, 7) is 0.789. The number of nitrogens with one attached hydrogen (secondary N) is 3. The molecule has 130 valence electrons. The minimum atomic E-state index is -0.937. The number of hydrogen-bond donors (Lipinski definition) is 3. The van der Waals surface area contributed by atoms with Gasteiger partial charge in [0.1, 0.15) is 17.7 Å². The highest BCUT2D eigenvalue weighted by atomic mass is 19.1. The number of amides is 3. The summed E-state index contributed by atoms with van der Waals surface area (Å²) in [5.41, 5.74) is -0.250. The largest absolute Gasteiger partial charge is 0.354 e. The van der Waals surface area contributed by atoms with Crippen molar-refractivity contribution in [3.8, 4) is 0 Å². The van der Waals surface area contributed by atoms with Crippen LogP contribution in [-0.4, -0.2) is 36.9 Å². The van der Waals surface area contributed by atoms with Crippen molar-refractivity contribution in [3.05, 3.63) is 35.4 Å². The number of carbonyl (C=O) groups excluding carboxylic acids is 3. The molecule has 0 aliphatic carbocycles. The lowest BCUT2D eigenvalue weighted by atomic mass is 10.1. The molecule has 1 aromatic carbocycles. The van der Waals surface area contributed by atoms with E-state index in [1.54, 1.807) is 0 Å². The number of hydrogen-bond acceptors (Lipinski definition) is 3. The topological polar surface area (TPSA) is 87.3 Å². The molecule has 0 bridgehead atoms. The van der Waals surface area contributed by atoms with E-state index < -0.39 is 23.6 Å². The van der Waals surface area contributed by atoms with Gasteiger partial charge in [-0.05, 0) is 31.4 Å². The van der Waals surface area contributed by atoms with Gasteiger partial charge in [0.15, 0.2) is 0 Å². The molecule has 1 aliphatic heterocycles. The van der Waals surface area contributed by atoms with E-state index in [0.29, 0.717) is 25.5 Å². The maximum absolute atomic E-state index is 13.4. The number of rotatable bonds is 6. The summed E-state index contributed by atoms with van der Waals surface area (Å²) in [5.74, 6) is -2.82. The predicted octanol–water partition coefficient (Wildman–Crippen LogP) is 0.870. The lowest BCUT2D eigenvalue weighted by Gasteiger charge is -2.22. The molecule has 1 aromatic rings. The van der Waals surface area contributed by atoms with E-state index in [2.05, 4.69) is 16.0 Å². The zero-order valence-electron chi connectivity index (χ0n) is 13.0. The maximum Gasteiger partial charge on any atom is 0.254 e. The standard InChI is InChI=1S/C16H19F2N3O3/c17-10-5-6-11(12(18)9-10)15(23)19-8-2-4-14(22)21-13-3-1-7-20-16(13)24/h5-6,9,13H,1-4,7-8H2,(H,19,23)(H,20,24)(H,21,22)/t13-/m0/s1. The van der Waals surface area contributed by atoms with Crippen LogP contribution < -0.4 is 16.0 Å². The second kappa shape index (κ2) is 8.37. The Balaban J connectivity index is 1.69. The Morgan fingerprint density at radius 3 is 2.79 bits per heavy atom. The molecule has 6 nitrogen and oxygen atoms in total. The Morgan fingerprint density at radius 2 is 2.08 bits per heavy atom. The van der Waals surface area contributed by atoms with Crippen LogP contribution in [0.1, 0.15) is 36.0 Å². The molecule has 3 amide bonds. The van der Waals surface area contributed by atoms with Crippen LogP contribution in [0.3, 0.4) is 0 Å². The van der Waals surface area contributed by atoms with Crippen molar-refractivity contribution in [3.63, 3.8) is 0 Å². The van der Waals surface area contributed by atoms with Crippen LogP contribution in [0.2, 0.25) is 0 Å². The van der Waals surface area contributed by atoms with Gasteiger partial charge in [0.2, 0.25) is 11.8 Å². The molecule has 1 heterocycles. The highest BCUT2D eigenvalue weighted by Crippen LogP contribution is 2.09. The highest BCUT2D eigenvalue weighted by Gasteiger charge is 2.23. The second-order valence-electron chi connectivity index (χ2n) is 5.54. The van der Waals surface area contributed by atoms with Crippen LogP contribution >= 0.6 is 0 Å². The van der Waals surface area contributed by atoms with Gasteiger partial charge in [-0.15, -0.1) is 0 Å². The van der Waals surface area contributed by atoms with E-state index in [1.165, 1.54) is 0 Å². The second-order valence-corrected chi connectivity index (χ2v) is 5.54. The molecule has 24 heavy (non-hydrogen) atoms. The molecule has 0 unspecified atom stereocenters. The lowest BCUT2D eigenvalue weighted by molar-refractivity contribution is -0.130. The normalized spacial score (nSPS) is 17.1. The molecule has 0 radical (unpaired) electrons. The summed E-state index contributed by atoms with van der Waals surface area (Å²) in [4.78, 5) is 35.0. The first-order chi connectivity index (χ1) is 11.5. The van der Waals surface area contributed by atoms with Crippen molar-refractivity contribution in [2.45, 2.75) is 31.7 Å². The van der Waals surface area contributed by atoms with Crippen molar-refractivity contribution in [2.24, 2.45) is 0 Å². The quantitative estimate of drug-likeness (QED) is 0.672. The van der Waals surface area contributed by atoms with E-state index in [0.717, 1.165) is 18.6 Å². The third kappa shape index (κ3) is 5.00. The monoisotopic (exact) mass is 339 g/mol. The van der Waals surface area contributed by atoms with Crippen LogP contribution in [0.4, 0.5) is 8.78 Å². The fraction of sp³-hybridized carbons (Fsp3) is 0.438. The van der Waals surface area contributed by atoms with Gasteiger partial charge in [-0.2, -0.15) is 0 Å². The smallest absolute Gasteiger partial charge is 0.254 e. The van der Waals surface area contributed by atoms with Crippen molar-refractivity contribution >= 4 is 17.7 Å². The molecule has 3 N–H and O–H groups in total. The summed E-state index contributed by atoms with van der Waals surface area (Å²) < 4.78 is 26.2. The fourth-order valence-electron chi connectivity index (χ4n) is 2.40. The zero-order chi connectivity index (χ0) is 17.5. The van der Waals surface area contributed by atoms with Gasteiger partial charge in [0.05, 0.1) is 5.56 Å². The van der Waals surface area contributed by atoms with E-state index in [-0.39, 0.29) is 30.3 Å². The van der Waals surface area contributed by atoms with Crippen LogP contribution in [0.5, 0.6) is 0 Å². The molecule has 8 heteroatoms. The maximum atomic E-state index is 13.4. The van der Waals surface area contributed by atoms with E-state index >= 15 is 0 Å². The van der Waals surface area contributed by atoms with Crippen LogP contribution in [-0.2, 0) is 9.59 Å². The Hall–Kier alpha value is -2.51. The van der Waals surface area contributed by atoms with Gasteiger partial charge < -0.3 is 16.0 Å². The highest BCUT2D eigenvalue weighted by molar-refractivity contribution is 5.94. The molecule has 1 atom stereocenters. The summed E-state index contributed by atoms with van der Waals surface area (Å²) in [6.07, 6.45) is 1.90. The molecular formula is C16H19F2N3O3. The first-order valence-electron chi connectivity index (χ1n) is 7.77. The molecule has 2 rings (SSSR count). The van der Waals surface area contributed by atoms with Gasteiger partial charge in [-0.1, -0.05) is 0 Å². The summed E-state index contributed by atoms with van der Waals surface area (Å²) in [6, 6.07) is 2.20. The van der Waals surface area contributed by atoms with Crippen LogP contribution in [0.25, 0.3) is 0 Å². The van der Waals surface area contributed by atoms with Gasteiger partial charge in [-0.3, -0.25) is 14.4 Å². The fourth-order valence-corrected chi connectivity index (χ4v) is 2.40. The molecule has 0 aromatic heterocycles. The number of halogens is 2. The molecule has 0 spiro atoms. The average Bonchev–Trinajstić information content (AvgIpc) is 2.53.